The van der Waals surface area contributed by atoms with Gasteiger partial charge in [0.15, 0.2) is 0 Å². The molecule has 1 aromatic carbocycles. The van der Waals surface area contributed by atoms with E-state index in [0.29, 0.717) is 13.0 Å². The molecule has 1 N–H and O–H groups in total. The van der Waals surface area contributed by atoms with Gasteiger partial charge in [-0.2, -0.15) is 0 Å². The largest absolute Gasteiger partial charge is 0.353 e. The van der Waals surface area contributed by atoms with Crippen LogP contribution in [0, 0.1) is 11.3 Å². The maximum Gasteiger partial charge on any atom is 0.228 e. The van der Waals surface area contributed by atoms with Crippen molar-refractivity contribution in [2.45, 2.75) is 52.0 Å². The number of nitrogens with one attached hydrogen (secondary N) is 1. The number of aromatic nitrogens is 1. The van der Waals surface area contributed by atoms with E-state index in [1.165, 1.54) is 0 Å². The van der Waals surface area contributed by atoms with Gasteiger partial charge in [-0.15, -0.1) is 0 Å². The highest BCUT2D eigenvalue weighted by atomic mass is 16.2. The van der Waals surface area contributed by atoms with Crippen LogP contribution >= 0.6 is 0 Å². The van der Waals surface area contributed by atoms with Gasteiger partial charge in [0.2, 0.25) is 11.8 Å². The van der Waals surface area contributed by atoms with E-state index in [2.05, 4.69) is 22.4 Å². The summed E-state index contributed by atoms with van der Waals surface area (Å²) in [5.41, 5.74) is 2.77. The number of hydrogen-bond acceptors (Lipinski definition) is 3. The Hall–Kier alpha value is -2.69. The van der Waals surface area contributed by atoms with E-state index in [9.17, 15) is 9.59 Å². The van der Waals surface area contributed by atoms with Crippen LogP contribution in [0.3, 0.4) is 0 Å². The third-order valence-electron chi connectivity index (χ3n) is 6.25. The van der Waals surface area contributed by atoms with Gasteiger partial charge in [0.25, 0.3) is 0 Å². The first-order valence-electron chi connectivity index (χ1n) is 11.1. The molecule has 1 aliphatic heterocycles. The zero-order valence-electron chi connectivity index (χ0n) is 17.9. The standard InChI is InChI=1S/C25H31N3O2/c1-18(2)27-24(30)25(12-5-15-28(17-25)23(29)20-8-9-20)16-21-6-3-4-7-22(21)19-10-13-26-14-11-19/h3-4,6-7,10-11,13-14,18,20H,5,8-9,12,15-17H2,1-2H3,(H,27,30). The summed E-state index contributed by atoms with van der Waals surface area (Å²) in [5, 5.41) is 3.15. The van der Waals surface area contributed by atoms with Gasteiger partial charge in [-0.1, -0.05) is 24.3 Å². The summed E-state index contributed by atoms with van der Waals surface area (Å²) in [5.74, 6) is 0.479. The first kappa shape index (κ1) is 20.6. The molecule has 1 aliphatic carbocycles. The molecule has 30 heavy (non-hydrogen) atoms. The molecule has 1 aromatic heterocycles. The van der Waals surface area contributed by atoms with Crippen LogP contribution in [-0.2, 0) is 16.0 Å². The quantitative estimate of drug-likeness (QED) is 0.794. The van der Waals surface area contributed by atoms with Crippen LogP contribution in [-0.4, -0.2) is 40.8 Å². The van der Waals surface area contributed by atoms with Crippen LogP contribution in [0.4, 0.5) is 0 Å². The van der Waals surface area contributed by atoms with Gasteiger partial charge in [-0.3, -0.25) is 14.6 Å². The van der Waals surface area contributed by atoms with Crippen LogP contribution in [0.1, 0.15) is 45.1 Å². The summed E-state index contributed by atoms with van der Waals surface area (Å²) in [4.78, 5) is 32.4. The van der Waals surface area contributed by atoms with Crippen LogP contribution in [0.15, 0.2) is 48.8 Å². The van der Waals surface area contributed by atoms with E-state index in [4.69, 9.17) is 0 Å². The Morgan fingerprint density at radius 1 is 1.17 bits per heavy atom. The summed E-state index contributed by atoms with van der Waals surface area (Å²) in [6, 6.07) is 12.4. The van der Waals surface area contributed by atoms with Gasteiger partial charge in [0, 0.05) is 37.4 Å². The summed E-state index contributed by atoms with van der Waals surface area (Å²) in [6.45, 7) is 5.25. The fraction of sp³-hybridized carbons (Fsp3) is 0.480. The minimum Gasteiger partial charge on any atom is -0.353 e. The van der Waals surface area contributed by atoms with E-state index in [1.807, 2.05) is 43.0 Å². The second kappa shape index (κ2) is 8.58. The SMILES string of the molecule is CC(C)NC(=O)C1(Cc2ccccc2-c2ccncc2)CCCN(C(=O)C2CC2)C1. The van der Waals surface area contributed by atoms with Crippen molar-refractivity contribution >= 4 is 11.8 Å². The highest BCUT2D eigenvalue weighted by Crippen LogP contribution is 2.39. The summed E-state index contributed by atoms with van der Waals surface area (Å²) in [7, 11) is 0. The maximum atomic E-state index is 13.5. The molecule has 1 atom stereocenters. The molecule has 0 radical (unpaired) electrons. The monoisotopic (exact) mass is 405 g/mol. The molecule has 1 saturated heterocycles. The van der Waals surface area contributed by atoms with Gasteiger partial charge >= 0.3 is 0 Å². The highest BCUT2D eigenvalue weighted by molar-refractivity contribution is 5.86. The van der Waals surface area contributed by atoms with Gasteiger partial charge in [0.05, 0.1) is 5.41 Å². The fourth-order valence-corrected chi connectivity index (χ4v) is 4.59. The normalized spacial score (nSPS) is 21.5. The van der Waals surface area contributed by atoms with Crippen LogP contribution in [0.25, 0.3) is 11.1 Å². The van der Waals surface area contributed by atoms with Crippen LogP contribution < -0.4 is 5.32 Å². The predicted octanol–water partition coefficient (Wildman–Crippen LogP) is 3.83. The van der Waals surface area contributed by atoms with Gasteiger partial charge in [-0.25, -0.2) is 0 Å². The zero-order valence-corrected chi connectivity index (χ0v) is 17.9. The highest BCUT2D eigenvalue weighted by Gasteiger charge is 2.46. The Kier molecular flexibility index (Phi) is 5.89. The molecule has 158 valence electrons. The van der Waals surface area contributed by atoms with Crippen molar-refractivity contribution in [3.8, 4) is 11.1 Å². The van der Waals surface area contributed by atoms with Crippen LogP contribution in [0.2, 0.25) is 0 Å². The number of carbonyl (C=O) groups excluding carboxylic acids is 2. The molecule has 2 heterocycles. The molecule has 2 aromatic rings. The van der Waals surface area contributed by atoms with Gasteiger partial charge in [0.1, 0.15) is 0 Å². The lowest BCUT2D eigenvalue weighted by atomic mass is 9.73. The minimum absolute atomic E-state index is 0.0651. The lowest BCUT2D eigenvalue weighted by Crippen LogP contribution is -2.55. The Labute approximate surface area is 178 Å². The Morgan fingerprint density at radius 3 is 2.60 bits per heavy atom. The van der Waals surface area contributed by atoms with Crippen molar-refractivity contribution in [3.05, 3.63) is 54.4 Å². The van der Waals surface area contributed by atoms with Crippen molar-refractivity contribution in [2.24, 2.45) is 11.3 Å². The number of piperidine rings is 1. The minimum atomic E-state index is -0.601. The van der Waals surface area contributed by atoms with E-state index in [0.717, 1.165) is 48.9 Å². The van der Waals surface area contributed by atoms with Crippen molar-refractivity contribution < 1.29 is 9.59 Å². The molecular weight excluding hydrogens is 374 g/mol. The first-order valence-corrected chi connectivity index (χ1v) is 11.1. The number of pyridine rings is 1. The number of amides is 2. The molecule has 4 rings (SSSR count). The number of likely N-dealkylation sites (tertiary alicyclic amines) is 1. The smallest absolute Gasteiger partial charge is 0.228 e. The molecule has 2 amide bonds. The zero-order chi connectivity index (χ0) is 21.1. The molecule has 5 heteroatoms. The Balaban J connectivity index is 1.67. The summed E-state index contributed by atoms with van der Waals surface area (Å²) < 4.78 is 0. The number of nitrogens with zero attached hydrogens (tertiary/aromatic N) is 2. The topological polar surface area (TPSA) is 62.3 Å². The molecule has 1 unspecified atom stereocenters. The van der Waals surface area contributed by atoms with Gasteiger partial charge < -0.3 is 10.2 Å². The number of hydrogen-bond donors (Lipinski definition) is 1. The second-order valence-electron chi connectivity index (χ2n) is 9.12. The van der Waals surface area contributed by atoms with Crippen LogP contribution in [0.5, 0.6) is 0 Å². The summed E-state index contributed by atoms with van der Waals surface area (Å²) >= 11 is 0. The van der Waals surface area contributed by atoms with Gasteiger partial charge in [-0.05, 0) is 74.8 Å². The van der Waals surface area contributed by atoms with Crippen molar-refractivity contribution in [2.75, 3.05) is 13.1 Å². The molecule has 0 spiro atoms. The molecule has 0 bridgehead atoms. The number of carbonyl (C=O) groups is 2. The predicted molar refractivity (Wildman–Crippen MR) is 118 cm³/mol. The second-order valence-corrected chi connectivity index (χ2v) is 9.12. The van der Waals surface area contributed by atoms with E-state index in [-0.39, 0.29) is 23.8 Å². The van der Waals surface area contributed by atoms with Crippen molar-refractivity contribution in [1.29, 1.82) is 0 Å². The Bertz CT molecular complexity index is 908. The maximum absolute atomic E-state index is 13.5. The lowest BCUT2D eigenvalue weighted by Gasteiger charge is -2.42. The molecule has 2 aliphatic rings. The van der Waals surface area contributed by atoms with E-state index < -0.39 is 5.41 Å². The lowest BCUT2D eigenvalue weighted by molar-refractivity contribution is -0.142. The van der Waals surface area contributed by atoms with E-state index in [1.54, 1.807) is 12.4 Å². The first-order chi connectivity index (χ1) is 14.5. The summed E-state index contributed by atoms with van der Waals surface area (Å²) in [6.07, 6.45) is 7.86. The molecule has 5 nitrogen and oxygen atoms in total. The number of rotatable bonds is 6. The fourth-order valence-electron chi connectivity index (χ4n) is 4.59. The average Bonchev–Trinajstić information content (AvgIpc) is 3.59. The Morgan fingerprint density at radius 2 is 1.90 bits per heavy atom. The van der Waals surface area contributed by atoms with Crippen molar-refractivity contribution in [3.63, 3.8) is 0 Å². The number of benzene rings is 1. The third-order valence-corrected chi connectivity index (χ3v) is 6.25. The third kappa shape index (κ3) is 4.40. The molecule has 1 saturated carbocycles. The average molecular weight is 406 g/mol. The molecule has 2 fully saturated rings. The van der Waals surface area contributed by atoms with E-state index >= 15 is 0 Å². The van der Waals surface area contributed by atoms with Crippen molar-refractivity contribution in [1.82, 2.24) is 15.2 Å². The molecular formula is C25H31N3O2.